The molecule has 4 heteroatoms. The molecule has 0 saturated heterocycles. The number of thioether (sulfide) groups is 1. The number of nitrogens with two attached hydrogens (primary N) is 1. The van der Waals surface area contributed by atoms with E-state index in [-0.39, 0.29) is 5.91 Å². The maximum absolute atomic E-state index is 11.7. The zero-order valence-electron chi connectivity index (χ0n) is 11.5. The summed E-state index contributed by atoms with van der Waals surface area (Å²) in [4.78, 5) is 11.7. The van der Waals surface area contributed by atoms with Gasteiger partial charge in [0.25, 0.3) is 0 Å². The molecule has 1 aliphatic rings. The van der Waals surface area contributed by atoms with E-state index in [1.54, 1.807) is 0 Å². The Kier molecular flexibility index (Phi) is 4.90. The quantitative estimate of drug-likeness (QED) is 0.794. The van der Waals surface area contributed by atoms with Crippen LogP contribution in [0.2, 0.25) is 0 Å². The highest BCUT2D eigenvalue weighted by Crippen LogP contribution is 2.39. The molecule has 1 rings (SSSR count). The van der Waals surface area contributed by atoms with Crippen molar-refractivity contribution >= 4 is 17.7 Å². The van der Waals surface area contributed by atoms with Crippen molar-refractivity contribution in [2.75, 3.05) is 12.8 Å². The summed E-state index contributed by atoms with van der Waals surface area (Å²) >= 11 is 1.96. The lowest BCUT2D eigenvalue weighted by Gasteiger charge is -2.32. The van der Waals surface area contributed by atoms with Crippen molar-refractivity contribution in [1.82, 2.24) is 5.32 Å². The Hall–Kier alpha value is -0.220. The Morgan fingerprint density at radius 2 is 2.18 bits per heavy atom. The summed E-state index contributed by atoms with van der Waals surface area (Å²) in [5.74, 6) is 1.33. The van der Waals surface area contributed by atoms with Crippen molar-refractivity contribution in [1.29, 1.82) is 0 Å². The fourth-order valence-corrected chi connectivity index (χ4v) is 3.77. The monoisotopic (exact) mass is 258 g/mol. The molecule has 0 aromatic rings. The van der Waals surface area contributed by atoms with E-state index >= 15 is 0 Å². The molecule has 0 aromatic heterocycles. The van der Waals surface area contributed by atoms with Gasteiger partial charge in [-0.15, -0.1) is 0 Å². The van der Waals surface area contributed by atoms with Crippen LogP contribution in [0.3, 0.4) is 0 Å². The average molecular weight is 258 g/mol. The minimum Gasteiger partial charge on any atom is -0.368 e. The van der Waals surface area contributed by atoms with Crippen LogP contribution in [0, 0.1) is 5.92 Å². The first-order valence-electron chi connectivity index (χ1n) is 6.44. The highest BCUT2D eigenvalue weighted by molar-refractivity contribution is 8.00. The topological polar surface area (TPSA) is 55.1 Å². The molecule has 0 aliphatic heterocycles. The molecule has 1 aliphatic carbocycles. The third kappa shape index (κ3) is 3.62. The predicted molar refractivity (Wildman–Crippen MR) is 75.2 cm³/mol. The summed E-state index contributed by atoms with van der Waals surface area (Å²) in [5, 5.41) is 3.19. The maximum atomic E-state index is 11.7. The van der Waals surface area contributed by atoms with E-state index in [4.69, 9.17) is 5.73 Å². The molecule has 100 valence electrons. The lowest BCUT2D eigenvalue weighted by atomic mass is 9.84. The number of carbonyl (C=O) groups excluding carboxylic acids is 1. The average Bonchev–Trinajstić information content (AvgIpc) is 2.60. The first kappa shape index (κ1) is 14.8. The minimum atomic E-state index is -0.446. The zero-order valence-corrected chi connectivity index (χ0v) is 12.3. The zero-order chi connectivity index (χ0) is 13.1. The molecule has 3 nitrogen and oxygen atoms in total. The molecule has 3 N–H and O–H groups in total. The molecular weight excluding hydrogens is 232 g/mol. The van der Waals surface area contributed by atoms with E-state index in [1.165, 1.54) is 0 Å². The van der Waals surface area contributed by atoms with Crippen LogP contribution in [-0.2, 0) is 4.79 Å². The van der Waals surface area contributed by atoms with Crippen LogP contribution in [0.25, 0.3) is 0 Å². The van der Waals surface area contributed by atoms with Gasteiger partial charge in [0.1, 0.15) is 5.54 Å². The van der Waals surface area contributed by atoms with Gasteiger partial charge >= 0.3 is 0 Å². The molecule has 0 bridgehead atoms. The number of carbonyl (C=O) groups is 1. The highest BCUT2D eigenvalue weighted by atomic mass is 32.2. The molecule has 0 spiro atoms. The van der Waals surface area contributed by atoms with Crippen LogP contribution in [0.1, 0.15) is 46.5 Å². The number of hydrogen-bond acceptors (Lipinski definition) is 3. The second-order valence-electron chi connectivity index (χ2n) is 5.92. The van der Waals surface area contributed by atoms with Gasteiger partial charge in [-0.1, -0.05) is 27.2 Å². The summed E-state index contributed by atoms with van der Waals surface area (Å²) in [6, 6.07) is 0. The maximum Gasteiger partial charge on any atom is 0.238 e. The molecule has 0 aromatic carbocycles. The molecule has 0 heterocycles. The van der Waals surface area contributed by atoms with E-state index in [2.05, 4.69) is 26.1 Å². The van der Waals surface area contributed by atoms with Gasteiger partial charge in [0.05, 0.1) is 0 Å². The van der Waals surface area contributed by atoms with Crippen LogP contribution >= 0.6 is 11.8 Å². The Morgan fingerprint density at radius 1 is 1.53 bits per heavy atom. The molecule has 1 amide bonds. The number of amides is 1. The lowest BCUT2D eigenvalue weighted by molar-refractivity contribution is -0.125. The van der Waals surface area contributed by atoms with Gasteiger partial charge in [-0.25, -0.2) is 0 Å². The molecule has 17 heavy (non-hydrogen) atoms. The standard InChI is InChI=1S/C13H26N2OS/c1-12(2,3)17-9-7-10-6-5-8-13(10,15-4)11(14)16/h10,15H,5-9H2,1-4H3,(H2,14,16). The van der Waals surface area contributed by atoms with E-state index in [1.807, 2.05) is 18.8 Å². The second-order valence-corrected chi connectivity index (χ2v) is 7.85. The smallest absolute Gasteiger partial charge is 0.238 e. The largest absolute Gasteiger partial charge is 0.368 e. The molecule has 2 atom stereocenters. The molecule has 1 saturated carbocycles. The van der Waals surface area contributed by atoms with Crippen molar-refractivity contribution in [3.63, 3.8) is 0 Å². The number of primary amides is 1. The minimum absolute atomic E-state index is 0.178. The van der Waals surface area contributed by atoms with Crippen LogP contribution in [0.15, 0.2) is 0 Å². The van der Waals surface area contributed by atoms with Crippen molar-refractivity contribution in [3.8, 4) is 0 Å². The first-order chi connectivity index (χ1) is 7.82. The van der Waals surface area contributed by atoms with E-state index in [9.17, 15) is 4.79 Å². The molecule has 2 unspecified atom stereocenters. The van der Waals surface area contributed by atoms with Crippen LogP contribution in [-0.4, -0.2) is 29.0 Å². The molecule has 0 radical (unpaired) electrons. The van der Waals surface area contributed by atoms with Crippen molar-refractivity contribution in [2.45, 2.75) is 56.7 Å². The lowest BCUT2D eigenvalue weighted by Crippen LogP contribution is -2.56. The van der Waals surface area contributed by atoms with Gasteiger partial charge in [-0.3, -0.25) is 4.79 Å². The molecular formula is C13H26N2OS. The third-order valence-corrected chi connectivity index (χ3v) is 5.01. The SMILES string of the molecule is CNC1(C(N)=O)CCCC1CCSC(C)(C)C. The summed E-state index contributed by atoms with van der Waals surface area (Å²) in [6.07, 6.45) is 4.19. The highest BCUT2D eigenvalue weighted by Gasteiger charge is 2.46. The third-order valence-electron chi connectivity index (χ3n) is 3.71. The first-order valence-corrected chi connectivity index (χ1v) is 7.43. The number of likely N-dealkylation sites (N-methyl/N-ethyl adjacent to an activating group) is 1. The number of nitrogens with one attached hydrogen (secondary N) is 1. The van der Waals surface area contributed by atoms with Crippen LogP contribution < -0.4 is 11.1 Å². The van der Waals surface area contributed by atoms with Crippen molar-refractivity contribution < 1.29 is 4.79 Å². The van der Waals surface area contributed by atoms with Gasteiger partial charge < -0.3 is 11.1 Å². The predicted octanol–water partition coefficient (Wildman–Crippen LogP) is 2.15. The van der Waals surface area contributed by atoms with Crippen LogP contribution in [0.5, 0.6) is 0 Å². The summed E-state index contributed by atoms with van der Waals surface area (Å²) in [6.45, 7) is 6.68. The summed E-state index contributed by atoms with van der Waals surface area (Å²) < 4.78 is 0.299. The van der Waals surface area contributed by atoms with Gasteiger partial charge in [0.15, 0.2) is 0 Å². The number of hydrogen-bond donors (Lipinski definition) is 2. The fourth-order valence-electron chi connectivity index (χ4n) is 2.75. The van der Waals surface area contributed by atoms with Gasteiger partial charge in [-0.2, -0.15) is 11.8 Å². The number of rotatable bonds is 5. The summed E-state index contributed by atoms with van der Waals surface area (Å²) in [5.41, 5.74) is 5.14. The van der Waals surface area contributed by atoms with Gasteiger partial charge in [0, 0.05) is 4.75 Å². The van der Waals surface area contributed by atoms with Crippen LogP contribution in [0.4, 0.5) is 0 Å². The van der Waals surface area contributed by atoms with E-state index in [0.717, 1.165) is 31.4 Å². The fraction of sp³-hybridized carbons (Fsp3) is 0.923. The summed E-state index contributed by atoms with van der Waals surface area (Å²) in [7, 11) is 1.86. The Balaban J connectivity index is 2.55. The van der Waals surface area contributed by atoms with Crippen molar-refractivity contribution in [2.24, 2.45) is 11.7 Å². The van der Waals surface area contributed by atoms with Crippen molar-refractivity contribution in [3.05, 3.63) is 0 Å². The second kappa shape index (κ2) is 5.61. The Morgan fingerprint density at radius 3 is 2.65 bits per heavy atom. The van der Waals surface area contributed by atoms with E-state index < -0.39 is 5.54 Å². The normalized spacial score (nSPS) is 29.5. The Bertz CT molecular complexity index is 275. The Labute approximate surface area is 109 Å². The van der Waals surface area contributed by atoms with E-state index in [0.29, 0.717) is 10.7 Å². The molecule has 1 fully saturated rings. The van der Waals surface area contributed by atoms with Gasteiger partial charge in [-0.05, 0) is 38.0 Å². The van der Waals surface area contributed by atoms with Gasteiger partial charge in [0.2, 0.25) is 5.91 Å².